The van der Waals surface area contributed by atoms with E-state index in [9.17, 15) is 4.79 Å². The van der Waals surface area contributed by atoms with Gasteiger partial charge in [-0.2, -0.15) is 0 Å². The minimum atomic E-state index is 0.273. The number of rotatable bonds is 2. The first-order valence-corrected chi connectivity index (χ1v) is 5.74. The molecule has 0 aromatic rings. The van der Waals surface area contributed by atoms with Gasteiger partial charge in [-0.25, -0.2) is 0 Å². The molecule has 3 aliphatic rings. The maximum atomic E-state index is 11.8. The van der Waals surface area contributed by atoms with E-state index in [1.165, 1.54) is 19.3 Å². The quantitative estimate of drug-likeness (QED) is 0.635. The number of fused-ring (bicyclic) bond motifs is 5. The average molecular weight is 178 g/mol. The first-order chi connectivity index (χ1) is 6.20. The smallest absolute Gasteiger partial charge is 0.139 e. The van der Waals surface area contributed by atoms with Crippen molar-refractivity contribution in [1.82, 2.24) is 0 Å². The van der Waals surface area contributed by atoms with Crippen LogP contribution in [0.25, 0.3) is 0 Å². The molecule has 3 fully saturated rings. The standard InChI is InChI=1S/C12H18O/c1-6(2)12(13)11-9-7-3-4-8(5-7)10(9)11/h6-11H,3-5H2,1-2H3/t7-,8+,9+,10-,11?. The van der Waals surface area contributed by atoms with Gasteiger partial charge < -0.3 is 0 Å². The van der Waals surface area contributed by atoms with Crippen molar-refractivity contribution in [2.75, 3.05) is 0 Å². The van der Waals surface area contributed by atoms with E-state index in [0.29, 0.717) is 11.7 Å². The van der Waals surface area contributed by atoms with E-state index >= 15 is 0 Å². The monoisotopic (exact) mass is 178 g/mol. The van der Waals surface area contributed by atoms with Crippen molar-refractivity contribution in [3.05, 3.63) is 0 Å². The topological polar surface area (TPSA) is 17.1 Å². The molecule has 13 heavy (non-hydrogen) atoms. The highest BCUT2D eigenvalue weighted by atomic mass is 16.1. The summed E-state index contributed by atoms with van der Waals surface area (Å²) in [5.41, 5.74) is 0. The lowest BCUT2D eigenvalue weighted by Gasteiger charge is -2.09. The summed E-state index contributed by atoms with van der Waals surface area (Å²) in [5, 5.41) is 0. The van der Waals surface area contributed by atoms with Gasteiger partial charge in [0.05, 0.1) is 0 Å². The molecular formula is C12H18O. The molecule has 0 radical (unpaired) electrons. The highest BCUT2D eigenvalue weighted by molar-refractivity contribution is 5.86. The first kappa shape index (κ1) is 8.02. The van der Waals surface area contributed by atoms with Crippen LogP contribution in [0.4, 0.5) is 0 Å². The van der Waals surface area contributed by atoms with E-state index in [1.54, 1.807) is 0 Å². The van der Waals surface area contributed by atoms with E-state index in [1.807, 2.05) is 0 Å². The first-order valence-electron chi connectivity index (χ1n) is 5.74. The molecule has 0 aromatic carbocycles. The molecule has 3 aliphatic carbocycles. The van der Waals surface area contributed by atoms with Gasteiger partial charge in [0.2, 0.25) is 0 Å². The highest BCUT2D eigenvalue weighted by Crippen LogP contribution is 2.69. The molecule has 1 unspecified atom stereocenters. The van der Waals surface area contributed by atoms with Gasteiger partial charge in [-0.15, -0.1) is 0 Å². The van der Waals surface area contributed by atoms with Crippen molar-refractivity contribution < 1.29 is 4.79 Å². The predicted molar refractivity (Wildman–Crippen MR) is 51.1 cm³/mol. The van der Waals surface area contributed by atoms with Crippen LogP contribution in [0.3, 0.4) is 0 Å². The number of carbonyl (C=O) groups is 1. The summed E-state index contributed by atoms with van der Waals surface area (Å²) in [4.78, 5) is 11.8. The van der Waals surface area contributed by atoms with E-state index in [-0.39, 0.29) is 5.92 Å². The Morgan fingerprint density at radius 2 is 1.69 bits per heavy atom. The van der Waals surface area contributed by atoms with Crippen LogP contribution >= 0.6 is 0 Å². The summed E-state index contributed by atoms with van der Waals surface area (Å²) in [6.07, 6.45) is 4.30. The maximum Gasteiger partial charge on any atom is 0.139 e. The van der Waals surface area contributed by atoms with Crippen LogP contribution in [0, 0.1) is 35.5 Å². The summed E-state index contributed by atoms with van der Waals surface area (Å²) < 4.78 is 0. The van der Waals surface area contributed by atoms with Crippen molar-refractivity contribution in [2.45, 2.75) is 33.1 Å². The number of Topliss-reactive ketones (excluding diaryl/α,β-unsaturated/α-hetero) is 1. The number of hydrogen-bond acceptors (Lipinski definition) is 1. The van der Waals surface area contributed by atoms with Crippen LogP contribution in [0.15, 0.2) is 0 Å². The Morgan fingerprint density at radius 1 is 1.15 bits per heavy atom. The number of carbonyl (C=O) groups excluding carboxylic acids is 1. The molecule has 3 rings (SSSR count). The van der Waals surface area contributed by atoms with E-state index in [2.05, 4.69) is 13.8 Å². The fourth-order valence-corrected chi connectivity index (χ4v) is 4.09. The maximum absolute atomic E-state index is 11.8. The second-order valence-electron chi connectivity index (χ2n) is 5.57. The fraction of sp³-hybridized carbons (Fsp3) is 0.917. The molecule has 0 saturated heterocycles. The second-order valence-corrected chi connectivity index (χ2v) is 5.57. The molecule has 0 aliphatic heterocycles. The lowest BCUT2D eigenvalue weighted by atomic mass is 9.95. The normalized spacial score (nSPS) is 51.2. The van der Waals surface area contributed by atoms with Gasteiger partial charge >= 0.3 is 0 Å². The Bertz CT molecular complexity index is 240. The van der Waals surface area contributed by atoms with Gasteiger partial charge in [0.1, 0.15) is 5.78 Å². The molecular weight excluding hydrogens is 160 g/mol. The van der Waals surface area contributed by atoms with Gasteiger partial charge in [0, 0.05) is 11.8 Å². The van der Waals surface area contributed by atoms with Crippen molar-refractivity contribution >= 4 is 5.78 Å². The largest absolute Gasteiger partial charge is 0.299 e. The summed E-state index contributed by atoms with van der Waals surface area (Å²) >= 11 is 0. The Kier molecular flexibility index (Phi) is 1.46. The van der Waals surface area contributed by atoms with Gasteiger partial charge in [-0.05, 0) is 42.9 Å². The average Bonchev–Trinajstić information content (AvgIpc) is 2.52. The molecule has 0 N–H and O–H groups in total. The van der Waals surface area contributed by atoms with Gasteiger partial charge in [0.25, 0.3) is 0 Å². The van der Waals surface area contributed by atoms with E-state index in [0.717, 1.165) is 23.7 Å². The summed E-state index contributed by atoms with van der Waals surface area (Å²) in [6.45, 7) is 4.11. The molecule has 0 heterocycles. The van der Waals surface area contributed by atoms with Crippen molar-refractivity contribution in [3.8, 4) is 0 Å². The Labute approximate surface area is 79.9 Å². The van der Waals surface area contributed by atoms with Crippen LogP contribution in [0.2, 0.25) is 0 Å². The zero-order valence-corrected chi connectivity index (χ0v) is 8.49. The molecule has 0 amide bonds. The van der Waals surface area contributed by atoms with Crippen molar-refractivity contribution in [2.24, 2.45) is 35.5 Å². The number of hydrogen-bond donors (Lipinski definition) is 0. The van der Waals surface area contributed by atoms with Gasteiger partial charge in [0.15, 0.2) is 0 Å². The lowest BCUT2D eigenvalue weighted by Crippen LogP contribution is -2.15. The summed E-state index contributed by atoms with van der Waals surface area (Å²) in [7, 11) is 0. The third-order valence-electron chi connectivity index (χ3n) is 4.63. The van der Waals surface area contributed by atoms with E-state index < -0.39 is 0 Å². The zero-order valence-electron chi connectivity index (χ0n) is 8.49. The Balaban J connectivity index is 1.76. The molecule has 1 nitrogen and oxygen atoms in total. The minimum absolute atomic E-state index is 0.273. The van der Waals surface area contributed by atoms with E-state index in [4.69, 9.17) is 0 Å². The van der Waals surface area contributed by atoms with Gasteiger partial charge in [-0.3, -0.25) is 4.79 Å². The van der Waals surface area contributed by atoms with Crippen LogP contribution in [0.5, 0.6) is 0 Å². The molecule has 5 atom stereocenters. The van der Waals surface area contributed by atoms with Crippen LogP contribution in [-0.4, -0.2) is 5.78 Å². The second kappa shape index (κ2) is 2.37. The third kappa shape index (κ3) is 0.908. The van der Waals surface area contributed by atoms with Crippen LogP contribution < -0.4 is 0 Å². The lowest BCUT2D eigenvalue weighted by molar-refractivity contribution is -0.124. The van der Waals surface area contributed by atoms with Gasteiger partial charge in [-0.1, -0.05) is 13.8 Å². The minimum Gasteiger partial charge on any atom is -0.299 e. The third-order valence-corrected chi connectivity index (χ3v) is 4.63. The summed E-state index contributed by atoms with van der Waals surface area (Å²) in [5.74, 6) is 4.92. The summed E-state index contributed by atoms with van der Waals surface area (Å²) in [6, 6.07) is 0. The molecule has 0 spiro atoms. The Morgan fingerprint density at radius 3 is 2.15 bits per heavy atom. The SMILES string of the molecule is CC(C)C(=O)C1[C@@H]2[C@H]3CC[C@H](C3)[C@H]12. The number of ketones is 1. The van der Waals surface area contributed by atoms with Crippen LogP contribution in [-0.2, 0) is 4.79 Å². The van der Waals surface area contributed by atoms with Crippen molar-refractivity contribution in [1.29, 1.82) is 0 Å². The molecule has 3 saturated carbocycles. The molecule has 2 bridgehead atoms. The van der Waals surface area contributed by atoms with Crippen molar-refractivity contribution in [3.63, 3.8) is 0 Å². The predicted octanol–water partition coefficient (Wildman–Crippen LogP) is 2.50. The molecule has 72 valence electrons. The van der Waals surface area contributed by atoms with Crippen LogP contribution in [0.1, 0.15) is 33.1 Å². The molecule has 0 aromatic heterocycles. The Hall–Kier alpha value is -0.330. The zero-order chi connectivity index (χ0) is 9.16. The molecule has 1 heteroatoms. The highest BCUT2D eigenvalue weighted by Gasteiger charge is 2.67. The fourth-order valence-electron chi connectivity index (χ4n) is 4.09.